The summed E-state index contributed by atoms with van der Waals surface area (Å²) in [5.74, 6) is 1.70. The number of halogens is 1. The first-order chi connectivity index (χ1) is 9.45. The normalized spacial score (nSPS) is 42.0. The minimum absolute atomic E-state index is 0.113. The Morgan fingerprint density at radius 2 is 1.90 bits per heavy atom. The molecule has 0 heterocycles. The van der Waals surface area contributed by atoms with Crippen LogP contribution in [0.2, 0.25) is 0 Å². The Labute approximate surface area is 129 Å². The predicted molar refractivity (Wildman–Crippen MR) is 86.8 cm³/mol. The molecule has 4 aliphatic rings. The minimum Gasteiger partial charge on any atom is -0.380 e. The summed E-state index contributed by atoms with van der Waals surface area (Å²) in [6.07, 6.45) is 7.72. The van der Waals surface area contributed by atoms with E-state index in [9.17, 15) is 0 Å². The molecule has 0 saturated heterocycles. The fourth-order valence-electron chi connectivity index (χ4n) is 5.51. The van der Waals surface area contributed by atoms with Gasteiger partial charge in [-0.15, -0.1) is 0 Å². The third-order valence-electron chi connectivity index (χ3n) is 5.67. The zero-order chi connectivity index (χ0) is 14.0. The van der Waals surface area contributed by atoms with Crippen LogP contribution in [0.15, 0.2) is 22.7 Å². The van der Waals surface area contributed by atoms with Crippen LogP contribution in [0.1, 0.15) is 44.1 Å². The summed E-state index contributed by atoms with van der Waals surface area (Å²) in [5.41, 5.74) is 9.60. The lowest BCUT2D eigenvalue weighted by molar-refractivity contribution is -0.00775. The lowest BCUT2D eigenvalue weighted by Crippen LogP contribution is -2.65. The molecule has 1 aromatic carbocycles. The molecule has 1 aromatic rings. The van der Waals surface area contributed by atoms with Gasteiger partial charge in [-0.2, -0.15) is 0 Å². The number of rotatable bonds is 2. The Kier molecular flexibility index (Phi) is 2.78. The van der Waals surface area contributed by atoms with Gasteiger partial charge in [0.2, 0.25) is 0 Å². The fraction of sp³-hybridized carbons (Fsp3) is 0.647. The van der Waals surface area contributed by atoms with Crippen molar-refractivity contribution in [1.82, 2.24) is 0 Å². The van der Waals surface area contributed by atoms with Gasteiger partial charge < -0.3 is 11.1 Å². The van der Waals surface area contributed by atoms with Gasteiger partial charge in [-0.05, 0) is 81.0 Å². The summed E-state index contributed by atoms with van der Waals surface area (Å²) >= 11 is 3.58. The average Bonchev–Trinajstić information content (AvgIpc) is 2.30. The lowest BCUT2D eigenvalue weighted by Gasteiger charge is -2.61. The van der Waals surface area contributed by atoms with Crippen molar-refractivity contribution in [3.8, 4) is 0 Å². The van der Waals surface area contributed by atoms with Crippen LogP contribution >= 0.6 is 15.9 Å². The summed E-state index contributed by atoms with van der Waals surface area (Å²) in [4.78, 5) is 0. The van der Waals surface area contributed by atoms with Crippen LogP contribution in [0, 0.1) is 18.8 Å². The summed E-state index contributed by atoms with van der Waals surface area (Å²) in [6, 6.07) is 6.60. The highest BCUT2D eigenvalue weighted by Gasteiger charge is 2.56. The van der Waals surface area contributed by atoms with Gasteiger partial charge in [0, 0.05) is 21.2 Å². The molecule has 2 atom stereocenters. The monoisotopic (exact) mass is 334 g/mol. The lowest BCUT2D eigenvalue weighted by atomic mass is 9.50. The molecule has 2 nitrogen and oxygen atoms in total. The van der Waals surface area contributed by atoms with Crippen LogP contribution in [-0.4, -0.2) is 11.1 Å². The maximum absolute atomic E-state index is 6.67. The number of nitrogens with two attached hydrogens (primary N) is 1. The molecular weight excluding hydrogens is 312 g/mol. The van der Waals surface area contributed by atoms with Crippen LogP contribution in [0.5, 0.6) is 0 Å². The smallest absolute Gasteiger partial charge is 0.0396 e. The first kappa shape index (κ1) is 13.1. The molecule has 4 bridgehead atoms. The van der Waals surface area contributed by atoms with Crippen molar-refractivity contribution in [2.45, 2.75) is 56.5 Å². The molecule has 4 saturated carbocycles. The van der Waals surface area contributed by atoms with Crippen molar-refractivity contribution in [2.24, 2.45) is 17.6 Å². The largest absolute Gasteiger partial charge is 0.380 e. The molecule has 3 heteroatoms. The van der Waals surface area contributed by atoms with E-state index in [1.54, 1.807) is 0 Å². The van der Waals surface area contributed by atoms with E-state index in [2.05, 4.69) is 46.4 Å². The maximum Gasteiger partial charge on any atom is 0.0396 e. The number of benzene rings is 1. The second kappa shape index (κ2) is 4.23. The van der Waals surface area contributed by atoms with E-state index in [0.29, 0.717) is 0 Å². The van der Waals surface area contributed by atoms with Gasteiger partial charge in [-0.1, -0.05) is 15.9 Å². The zero-order valence-electron chi connectivity index (χ0n) is 12.1. The SMILES string of the molecule is Cc1cc(NC23CC4CC(CC(N)(C4)C2)C3)ccc1Br. The highest BCUT2D eigenvalue weighted by Crippen LogP contribution is 2.57. The molecule has 0 radical (unpaired) electrons. The number of aryl methyl sites for hydroxylation is 1. The summed E-state index contributed by atoms with van der Waals surface area (Å²) < 4.78 is 1.18. The molecule has 0 aliphatic heterocycles. The number of hydrogen-bond acceptors (Lipinski definition) is 2. The summed E-state index contributed by atoms with van der Waals surface area (Å²) in [7, 11) is 0. The van der Waals surface area contributed by atoms with E-state index in [1.807, 2.05) is 0 Å². The molecule has 108 valence electrons. The van der Waals surface area contributed by atoms with Crippen LogP contribution in [0.25, 0.3) is 0 Å². The van der Waals surface area contributed by atoms with Gasteiger partial charge in [0.25, 0.3) is 0 Å². The second-order valence-corrected chi connectivity index (χ2v) is 8.55. The Hall–Kier alpha value is -0.540. The molecule has 0 aromatic heterocycles. The standard InChI is InChI=1S/C17H23BrN2/c1-11-4-14(2-3-15(11)18)20-17-8-12-5-13(9-17)7-16(19,6-12)10-17/h2-4,12-13,20H,5-10,19H2,1H3. The Balaban J connectivity index is 1.63. The quantitative estimate of drug-likeness (QED) is 0.849. The molecule has 3 N–H and O–H groups in total. The summed E-state index contributed by atoms with van der Waals surface area (Å²) in [5, 5.41) is 3.88. The van der Waals surface area contributed by atoms with E-state index in [0.717, 1.165) is 18.3 Å². The van der Waals surface area contributed by atoms with Crippen molar-refractivity contribution < 1.29 is 0 Å². The van der Waals surface area contributed by atoms with Gasteiger partial charge in [0.05, 0.1) is 0 Å². The molecule has 20 heavy (non-hydrogen) atoms. The summed E-state index contributed by atoms with van der Waals surface area (Å²) in [6.45, 7) is 2.15. The Morgan fingerprint density at radius 3 is 2.50 bits per heavy atom. The molecule has 2 unspecified atom stereocenters. The van der Waals surface area contributed by atoms with Crippen LogP contribution in [0.4, 0.5) is 5.69 Å². The van der Waals surface area contributed by atoms with Crippen LogP contribution < -0.4 is 11.1 Å². The van der Waals surface area contributed by atoms with Crippen molar-refractivity contribution in [2.75, 3.05) is 5.32 Å². The zero-order valence-corrected chi connectivity index (χ0v) is 13.7. The molecule has 4 fully saturated rings. The topological polar surface area (TPSA) is 38.0 Å². The van der Waals surface area contributed by atoms with E-state index >= 15 is 0 Å². The number of anilines is 1. The fourth-order valence-corrected chi connectivity index (χ4v) is 5.75. The van der Waals surface area contributed by atoms with Crippen LogP contribution in [0.3, 0.4) is 0 Å². The van der Waals surface area contributed by atoms with Gasteiger partial charge >= 0.3 is 0 Å². The van der Waals surface area contributed by atoms with Crippen molar-refractivity contribution in [1.29, 1.82) is 0 Å². The van der Waals surface area contributed by atoms with Crippen molar-refractivity contribution >= 4 is 21.6 Å². The van der Waals surface area contributed by atoms with Gasteiger partial charge in [0.15, 0.2) is 0 Å². The number of hydrogen-bond donors (Lipinski definition) is 2. The van der Waals surface area contributed by atoms with E-state index in [1.165, 1.54) is 47.8 Å². The third kappa shape index (κ3) is 2.10. The van der Waals surface area contributed by atoms with E-state index < -0.39 is 0 Å². The van der Waals surface area contributed by atoms with E-state index in [-0.39, 0.29) is 11.1 Å². The first-order valence-corrected chi connectivity index (χ1v) is 8.58. The van der Waals surface area contributed by atoms with Gasteiger partial charge in [-0.3, -0.25) is 0 Å². The predicted octanol–water partition coefficient (Wildman–Crippen LogP) is 4.22. The molecule has 0 amide bonds. The highest BCUT2D eigenvalue weighted by molar-refractivity contribution is 9.10. The van der Waals surface area contributed by atoms with Gasteiger partial charge in [0.1, 0.15) is 0 Å². The molecule has 0 spiro atoms. The van der Waals surface area contributed by atoms with Crippen LogP contribution in [-0.2, 0) is 0 Å². The van der Waals surface area contributed by atoms with Crippen molar-refractivity contribution in [3.05, 3.63) is 28.2 Å². The minimum atomic E-state index is 0.113. The van der Waals surface area contributed by atoms with E-state index in [4.69, 9.17) is 5.73 Å². The Morgan fingerprint density at radius 1 is 1.20 bits per heavy atom. The molecule has 5 rings (SSSR count). The second-order valence-electron chi connectivity index (χ2n) is 7.69. The average molecular weight is 335 g/mol. The number of nitrogens with one attached hydrogen (secondary N) is 1. The third-order valence-corrected chi connectivity index (χ3v) is 6.56. The Bertz CT molecular complexity index is 540. The van der Waals surface area contributed by atoms with Crippen molar-refractivity contribution in [3.63, 3.8) is 0 Å². The van der Waals surface area contributed by atoms with Gasteiger partial charge in [-0.25, -0.2) is 0 Å². The first-order valence-electron chi connectivity index (χ1n) is 7.79. The maximum atomic E-state index is 6.67. The molecular formula is C17H23BrN2. The highest BCUT2D eigenvalue weighted by atomic mass is 79.9. The molecule has 4 aliphatic carbocycles.